The molecule has 0 spiro atoms. The van der Waals surface area contributed by atoms with E-state index in [2.05, 4.69) is 20.4 Å². The number of ether oxygens (including phenoxy) is 1. The first-order chi connectivity index (χ1) is 16.1. The highest BCUT2D eigenvalue weighted by atomic mass is 32.2. The Bertz CT molecular complexity index is 1200. The zero-order valence-corrected chi connectivity index (χ0v) is 21.0. The molecule has 1 aromatic heterocycles. The first-order valence-corrected chi connectivity index (χ1v) is 12.0. The van der Waals surface area contributed by atoms with Crippen molar-refractivity contribution in [3.05, 3.63) is 77.1 Å². The van der Waals surface area contributed by atoms with Crippen molar-refractivity contribution in [3.63, 3.8) is 0 Å². The molecule has 0 radical (unpaired) electrons. The largest absolute Gasteiger partial charge is 0.444 e. The minimum absolute atomic E-state index is 0.0354. The first kappa shape index (κ1) is 25.2. The maximum atomic E-state index is 12.8. The molecule has 0 aliphatic carbocycles. The van der Waals surface area contributed by atoms with Crippen molar-refractivity contribution in [2.75, 3.05) is 6.26 Å². The van der Waals surface area contributed by atoms with Crippen molar-refractivity contribution in [3.8, 4) is 0 Å². The smallest absolute Gasteiger partial charge is 0.413 e. The number of aliphatic imine (C=N–C) groups is 1. The monoisotopic (exact) mass is 479 g/mol. The van der Waals surface area contributed by atoms with Crippen molar-refractivity contribution in [1.29, 1.82) is 0 Å². The third kappa shape index (κ3) is 6.54. The number of aromatic nitrogens is 3. The molecule has 0 bridgehead atoms. The Labute approximate surface area is 203 Å². The molecule has 8 nitrogen and oxygen atoms in total. The number of aryl methyl sites for hydroxylation is 1. The second kappa shape index (κ2) is 10.6. The molecule has 0 fully saturated rings. The summed E-state index contributed by atoms with van der Waals surface area (Å²) in [5.41, 5.74) is 1.55. The second-order valence-corrected chi connectivity index (χ2v) is 9.48. The molecule has 34 heavy (non-hydrogen) atoms. The Morgan fingerprint density at radius 3 is 2.41 bits per heavy atom. The molecule has 3 rings (SSSR count). The van der Waals surface area contributed by atoms with E-state index in [9.17, 15) is 9.59 Å². The molecule has 0 saturated carbocycles. The molecule has 1 heterocycles. The average molecular weight is 480 g/mol. The highest BCUT2D eigenvalue weighted by Gasteiger charge is 2.20. The number of nitrogens with one attached hydrogen (secondary N) is 1. The number of carbonyl (C=O) groups excluding carboxylic acids is 2. The summed E-state index contributed by atoms with van der Waals surface area (Å²) < 4.78 is 6.84. The molecule has 178 valence electrons. The van der Waals surface area contributed by atoms with Gasteiger partial charge in [-0.2, -0.15) is 15.1 Å². The van der Waals surface area contributed by atoms with Crippen LogP contribution in [0.5, 0.6) is 0 Å². The summed E-state index contributed by atoms with van der Waals surface area (Å²) in [5.74, 6) is 0.698. The summed E-state index contributed by atoms with van der Waals surface area (Å²) >= 11 is 1.26. The molecular formula is C25H29N5O3S. The van der Waals surface area contributed by atoms with Crippen molar-refractivity contribution < 1.29 is 14.3 Å². The summed E-state index contributed by atoms with van der Waals surface area (Å²) in [6, 6.07) is 16.7. The van der Waals surface area contributed by atoms with Crippen LogP contribution < -0.4 is 5.32 Å². The minimum Gasteiger partial charge on any atom is -0.444 e. The van der Waals surface area contributed by atoms with Gasteiger partial charge in [-0.1, -0.05) is 67.2 Å². The third-order valence-electron chi connectivity index (χ3n) is 4.83. The van der Waals surface area contributed by atoms with Crippen LogP contribution in [0.3, 0.4) is 0 Å². The number of thioether (sulfide) groups is 1. The fraction of sp³-hybridized carbons (Fsp3) is 0.320. The number of carbonyl (C=O) groups is 2. The maximum absolute atomic E-state index is 12.8. The van der Waals surface area contributed by atoms with E-state index in [0.29, 0.717) is 28.1 Å². The van der Waals surface area contributed by atoms with Crippen molar-refractivity contribution in [2.45, 2.75) is 39.2 Å². The lowest BCUT2D eigenvalue weighted by molar-refractivity contribution is 0.0564. The van der Waals surface area contributed by atoms with E-state index in [-0.39, 0.29) is 11.7 Å². The standard InChI is InChI=1S/C25H29N5O3S/c1-16(18-13-10-14-19(15-18)20(31)17-11-8-7-9-12-17)21-26-22(30(5)29-21)27-23(34-6)28-24(32)33-25(2,3)4/h7-16H,1-6H3,(H,26,27,28,29,32). The Morgan fingerprint density at radius 2 is 1.76 bits per heavy atom. The molecular weight excluding hydrogens is 450 g/mol. The van der Waals surface area contributed by atoms with E-state index in [0.717, 1.165) is 5.56 Å². The van der Waals surface area contributed by atoms with Crippen LogP contribution >= 0.6 is 11.8 Å². The number of nitrogens with zero attached hydrogens (tertiary/aromatic N) is 4. The van der Waals surface area contributed by atoms with Crippen LogP contribution in [0.1, 0.15) is 60.9 Å². The molecule has 1 unspecified atom stereocenters. The minimum atomic E-state index is -0.614. The Balaban J connectivity index is 1.81. The van der Waals surface area contributed by atoms with E-state index < -0.39 is 11.7 Å². The first-order valence-electron chi connectivity index (χ1n) is 10.8. The van der Waals surface area contributed by atoms with E-state index in [4.69, 9.17) is 4.74 Å². The van der Waals surface area contributed by atoms with Crippen LogP contribution in [-0.4, -0.2) is 43.7 Å². The number of ketones is 1. The molecule has 1 N–H and O–H groups in total. The van der Waals surface area contributed by atoms with Gasteiger partial charge in [0.25, 0.3) is 0 Å². The third-order valence-corrected chi connectivity index (χ3v) is 5.41. The average Bonchev–Trinajstić information content (AvgIpc) is 3.17. The van der Waals surface area contributed by atoms with E-state index in [1.165, 1.54) is 11.8 Å². The number of benzene rings is 2. The number of amides is 1. The Hall–Kier alpha value is -3.46. The topological polar surface area (TPSA) is 98.5 Å². The molecule has 0 aliphatic rings. The summed E-state index contributed by atoms with van der Waals surface area (Å²) in [5, 5.41) is 7.49. The van der Waals surface area contributed by atoms with Gasteiger partial charge in [-0.05, 0) is 38.7 Å². The number of hydrogen-bond acceptors (Lipinski definition) is 7. The Morgan fingerprint density at radius 1 is 1.09 bits per heavy atom. The summed E-state index contributed by atoms with van der Waals surface area (Å²) in [4.78, 5) is 33.9. The number of rotatable bonds is 5. The van der Waals surface area contributed by atoms with Crippen molar-refractivity contribution in [1.82, 2.24) is 20.1 Å². The molecule has 9 heteroatoms. The molecule has 1 atom stereocenters. The van der Waals surface area contributed by atoms with E-state index in [1.54, 1.807) is 57.0 Å². The van der Waals surface area contributed by atoms with Gasteiger partial charge in [0.15, 0.2) is 16.8 Å². The van der Waals surface area contributed by atoms with Gasteiger partial charge in [-0.15, -0.1) is 0 Å². The van der Waals surface area contributed by atoms with Crippen LogP contribution in [0.4, 0.5) is 10.7 Å². The molecule has 1 amide bonds. The lowest BCUT2D eigenvalue weighted by atomic mass is 9.95. The summed E-state index contributed by atoms with van der Waals surface area (Å²) in [7, 11) is 1.74. The van der Waals surface area contributed by atoms with Gasteiger partial charge < -0.3 is 4.74 Å². The van der Waals surface area contributed by atoms with Crippen LogP contribution in [-0.2, 0) is 11.8 Å². The number of alkyl carbamates (subject to hydrolysis) is 1. The molecule has 0 saturated heterocycles. The van der Waals surface area contributed by atoms with Crippen LogP contribution in [0.2, 0.25) is 0 Å². The van der Waals surface area contributed by atoms with Crippen LogP contribution in [0.15, 0.2) is 59.6 Å². The van der Waals surface area contributed by atoms with Gasteiger partial charge in [0.1, 0.15) is 5.60 Å². The highest BCUT2D eigenvalue weighted by molar-refractivity contribution is 8.13. The van der Waals surface area contributed by atoms with Gasteiger partial charge >= 0.3 is 6.09 Å². The normalized spacial score (nSPS) is 12.8. The van der Waals surface area contributed by atoms with E-state index in [1.807, 2.05) is 43.3 Å². The van der Waals surface area contributed by atoms with Gasteiger partial charge in [0.05, 0.1) is 0 Å². The van der Waals surface area contributed by atoms with Gasteiger partial charge in [-0.3, -0.25) is 10.1 Å². The van der Waals surface area contributed by atoms with Gasteiger partial charge in [0, 0.05) is 24.1 Å². The summed E-state index contributed by atoms with van der Waals surface area (Å²) in [6.45, 7) is 7.35. The predicted molar refractivity (Wildman–Crippen MR) is 135 cm³/mol. The zero-order chi connectivity index (χ0) is 24.9. The number of amidine groups is 1. The fourth-order valence-electron chi connectivity index (χ4n) is 3.14. The van der Waals surface area contributed by atoms with Gasteiger partial charge in [-0.25, -0.2) is 9.48 Å². The SMILES string of the molecule is CS/C(=N\c1nc(C(C)c2cccc(C(=O)c3ccccc3)c2)nn1C)NC(=O)OC(C)(C)C. The van der Waals surface area contributed by atoms with Crippen molar-refractivity contribution in [2.24, 2.45) is 12.0 Å². The van der Waals surface area contributed by atoms with Crippen LogP contribution in [0.25, 0.3) is 0 Å². The van der Waals surface area contributed by atoms with Crippen molar-refractivity contribution >= 4 is 34.8 Å². The highest BCUT2D eigenvalue weighted by Crippen LogP contribution is 2.25. The second-order valence-electron chi connectivity index (χ2n) is 8.68. The van der Waals surface area contributed by atoms with E-state index >= 15 is 0 Å². The predicted octanol–water partition coefficient (Wildman–Crippen LogP) is 5.07. The lowest BCUT2D eigenvalue weighted by Crippen LogP contribution is -2.35. The maximum Gasteiger partial charge on any atom is 0.413 e. The molecule has 0 aliphatic heterocycles. The lowest BCUT2D eigenvalue weighted by Gasteiger charge is -2.19. The quantitative estimate of drug-likeness (QED) is 0.312. The number of hydrogen-bond donors (Lipinski definition) is 1. The fourth-order valence-corrected chi connectivity index (χ4v) is 3.50. The summed E-state index contributed by atoms with van der Waals surface area (Å²) in [6.07, 6.45) is 1.21. The zero-order valence-electron chi connectivity index (χ0n) is 20.2. The Kier molecular flexibility index (Phi) is 7.88. The molecule has 2 aromatic carbocycles. The molecule has 3 aromatic rings. The van der Waals surface area contributed by atoms with Gasteiger partial charge in [0.2, 0.25) is 5.95 Å². The van der Waals surface area contributed by atoms with Crippen LogP contribution in [0, 0.1) is 0 Å².